The van der Waals surface area contributed by atoms with Crippen LogP contribution in [0.5, 0.6) is 0 Å². The van der Waals surface area contributed by atoms with Gasteiger partial charge in [-0.3, -0.25) is 0 Å². The highest BCUT2D eigenvalue weighted by molar-refractivity contribution is 9.10. The second kappa shape index (κ2) is 2.56. The molecule has 6 aliphatic carbocycles. The zero-order valence-corrected chi connectivity index (χ0v) is 12.9. The van der Waals surface area contributed by atoms with E-state index in [1.54, 1.807) is 0 Å². The average Bonchev–Trinajstić information content (AvgIpc) is 3.19. The first-order chi connectivity index (χ1) is 9.65. The SMILES string of the molecule is C[C@@]12[C@@H]3[C@@H]4[C@@H]1[C@@H]1[C@@H]([C@@H]3[C@]4(Br)C13OCCO3)C21OCCO1. The van der Waals surface area contributed by atoms with E-state index in [0.29, 0.717) is 29.6 Å². The van der Waals surface area contributed by atoms with Crippen LogP contribution in [-0.2, 0) is 18.9 Å². The van der Waals surface area contributed by atoms with Crippen LogP contribution in [0, 0.1) is 40.9 Å². The van der Waals surface area contributed by atoms with Crippen LogP contribution in [0.4, 0.5) is 0 Å². The van der Waals surface area contributed by atoms with E-state index in [-0.39, 0.29) is 21.3 Å². The molecule has 2 spiro atoms. The summed E-state index contributed by atoms with van der Waals surface area (Å²) in [7, 11) is 0. The van der Waals surface area contributed by atoms with Gasteiger partial charge < -0.3 is 18.9 Å². The number of alkyl halides is 1. The van der Waals surface area contributed by atoms with E-state index in [9.17, 15) is 0 Å². The minimum absolute atomic E-state index is 0.0412. The molecule has 108 valence electrons. The van der Waals surface area contributed by atoms with E-state index in [4.69, 9.17) is 18.9 Å². The first kappa shape index (κ1) is 10.9. The average molecular weight is 341 g/mol. The molecule has 0 unspecified atom stereocenters. The highest BCUT2D eigenvalue weighted by Crippen LogP contribution is 3.00. The zero-order valence-electron chi connectivity index (χ0n) is 11.3. The Morgan fingerprint density at radius 1 is 0.700 bits per heavy atom. The van der Waals surface area contributed by atoms with Gasteiger partial charge in [-0.2, -0.15) is 0 Å². The third-order valence-corrected chi connectivity index (χ3v) is 9.88. The van der Waals surface area contributed by atoms with Crippen molar-refractivity contribution in [2.75, 3.05) is 26.4 Å². The molecule has 5 heteroatoms. The van der Waals surface area contributed by atoms with Gasteiger partial charge in [0.2, 0.25) is 0 Å². The van der Waals surface area contributed by atoms with Gasteiger partial charge in [0.25, 0.3) is 0 Å². The van der Waals surface area contributed by atoms with Crippen LogP contribution in [0.15, 0.2) is 0 Å². The second-order valence-corrected chi connectivity index (χ2v) is 9.25. The zero-order chi connectivity index (χ0) is 13.1. The van der Waals surface area contributed by atoms with E-state index in [1.165, 1.54) is 0 Å². The third kappa shape index (κ3) is 0.592. The fourth-order valence-corrected chi connectivity index (χ4v) is 9.98. The molecule has 2 aliphatic heterocycles. The van der Waals surface area contributed by atoms with E-state index < -0.39 is 0 Å². The number of rotatable bonds is 0. The lowest BCUT2D eigenvalue weighted by Crippen LogP contribution is -2.74. The largest absolute Gasteiger partial charge is 0.347 e. The van der Waals surface area contributed by atoms with E-state index in [0.717, 1.165) is 32.3 Å². The van der Waals surface area contributed by atoms with Crippen molar-refractivity contribution in [3.05, 3.63) is 0 Å². The van der Waals surface area contributed by atoms with Crippen LogP contribution >= 0.6 is 15.9 Å². The number of halogens is 1. The Morgan fingerprint density at radius 2 is 1.15 bits per heavy atom. The van der Waals surface area contributed by atoms with E-state index in [1.807, 2.05) is 0 Å². The quantitative estimate of drug-likeness (QED) is 0.624. The lowest BCUT2D eigenvalue weighted by molar-refractivity contribution is -0.289. The van der Waals surface area contributed by atoms with Gasteiger partial charge in [-0.05, 0) is 23.7 Å². The monoisotopic (exact) mass is 340 g/mol. The predicted octanol–water partition coefficient (Wildman–Crippen LogP) is 1.38. The highest BCUT2D eigenvalue weighted by Gasteiger charge is 3.07. The summed E-state index contributed by atoms with van der Waals surface area (Å²) in [4.78, 5) is 0. The first-order valence-electron chi connectivity index (χ1n) is 7.89. The fraction of sp³-hybridized carbons (Fsp3) is 1.00. The summed E-state index contributed by atoms with van der Waals surface area (Å²) in [5.41, 5.74) is 0.199. The Morgan fingerprint density at radius 3 is 1.75 bits per heavy atom. The Labute approximate surface area is 125 Å². The van der Waals surface area contributed by atoms with Crippen molar-refractivity contribution in [2.45, 2.75) is 22.8 Å². The molecule has 8 atom stereocenters. The number of hydrogen-bond acceptors (Lipinski definition) is 4. The van der Waals surface area contributed by atoms with Crippen molar-refractivity contribution >= 4 is 15.9 Å². The van der Waals surface area contributed by atoms with Crippen molar-refractivity contribution in [1.82, 2.24) is 0 Å². The summed E-state index contributed by atoms with van der Waals surface area (Å²) in [6, 6.07) is 0. The summed E-state index contributed by atoms with van der Waals surface area (Å²) in [6.45, 7) is 5.38. The first-order valence-corrected chi connectivity index (χ1v) is 8.69. The lowest BCUT2D eigenvalue weighted by Gasteiger charge is -2.71. The molecule has 0 aromatic carbocycles. The molecule has 20 heavy (non-hydrogen) atoms. The van der Waals surface area contributed by atoms with Crippen LogP contribution in [0.25, 0.3) is 0 Å². The van der Waals surface area contributed by atoms with Crippen molar-refractivity contribution in [1.29, 1.82) is 0 Å². The van der Waals surface area contributed by atoms with Crippen molar-refractivity contribution in [2.24, 2.45) is 40.9 Å². The Balaban J connectivity index is 1.53. The van der Waals surface area contributed by atoms with Gasteiger partial charge in [-0.25, -0.2) is 0 Å². The third-order valence-electron chi connectivity index (χ3n) is 8.27. The smallest absolute Gasteiger partial charge is 0.187 e. The molecule has 2 heterocycles. The molecule has 8 rings (SSSR count). The Bertz CT molecular complexity index is 518. The molecule has 2 saturated heterocycles. The molecule has 0 radical (unpaired) electrons. The normalized spacial score (nSPS) is 71.1. The van der Waals surface area contributed by atoms with Crippen LogP contribution < -0.4 is 0 Å². The summed E-state index contributed by atoms with van der Waals surface area (Å²) in [5.74, 6) is 2.94. The molecule has 6 saturated carbocycles. The van der Waals surface area contributed by atoms with Gasteiger partial charge in [-0.15, -0.1) is 0 Å². The Hall–Kier alpha value is 0.320. The summed E-state index contributed by atoms with van der Waals surface area (Å²) in [5, 5.41) is 0. The molecule has 0 N–H and O–H groups in total. The summed E-state index contributed by atoms with van der Waals surface area (Å²) >= 11 is 4.12. The molecule has 0 aromatic heterocycles. The van der Waals surface area contributed by atoms with E-state index in [2.05, 4.69) is 22.9 Å². The van der Waals surface area contributed by atoms with E-state index >= 15 is 0 Å². The molecule has 4 bridgehead atoms. The lowest BCUT2D eigenvalue weighted by atomic mass is 9.35. The second-order valence-electron chi connectivity index (χ2n) is 7.93. The predicted molar refractivity (Wildman–Crippen MR) is 70.0 cm³/mol. The standard InChI is InChI=1S/C15H17BrO4/c1-12-6-8-7(12)10-11(14(12)17-2-3-18-14)9(6)13(8,16)15(10)19-4-5-20-15/h6-11H,2-5H2,1H3/t6-,7-,8-,9-,10-,11-,12-,13+/m1/s1. The molecule has 4 nitrogen and oxygen atoms in total. The van der Waals surface area contributed by atoms with Crippen LogP contribution in [-0.4, -0.2) is 42.3 Å². The molecule has 0 aromatic rings. The molecule has 8 fully saturated rings. The maximum Gasteiger partial charge on any atom is 0.187 e. The van der Waals surface area contributed by atoms with Crippen LogP contribution in [0.3, 0.4) is 0 Å². The van der Waals surface area contributed by atoms with Gasteiger partial charge in [0, 0.05) is 17.3 Å². The molecular weight excluding hydrogens is 324 g/mol. The maximum absolute atomic E-state index is 6.28. The van der Waals surface area contributed by atoms with Crippen molar-refractivity contribution in [3.63, 3.8) is 0 Å². The van der Waals surface area contributed by atoms with Gasteiger partial charge in [0.15, 0.2) is 11.6 Å². The maximum atomic E-state index is 6.28. The van der Waals surface area contributed by atoms with Gasteiger partial charge >= 0.3 is 0 Å². The number of hydrogen-bond donors (Lipinski definition) is 0. The minimum Gasteiger partial charge on any atom is -0.347 e. The Kier molecular flexibility index (Phi) is 1.40. The molecule has 8 aliphatic rings. The van der Waals surface area contributed by atoms with Crippen molar-refractivity contribution < 1.29 is 18.9 Å². The number of ether oxygens (including phenoxy) is 4. The summed E-state index contributed by atoms with van der Waals surface area (Å²) in [6.07, 6.45) is 0. The van der Waals surface area contributed by atoms with Crippen LogP contribution in [0.2, 0.25) is 0 Å². The van der Waals surface area contributed by atoms with Gasteiger partial charge in [-0.1, -0.05) is 22.9 Å². The van der Waals surface area contributed by atoms with Crippen LogP contribution in [0.1, 0.15) is 6.92 Å². The highest BCUT2D eigenvalue weighted by atomic mass is 79.9. The van der Waals surface area contributed by atoms with Crippen molar-refractivity contribution in [3.8, 4) is 0 Å². The minimum atomic E-state index is -0.384. The van der Waals surface area contributed by atoms with Gasteiger partial charge in [0.05, 0.1) is 30.8 Å². The fourth-order valence-electron chi connectivity index (χ4n) is 8.35. The summed E-state index contributed by atoms with van der Waals surface area (Å²) < 4.78 is 25.1. The molecular formula is C15H17BrO4. The topological polar surface area (TPSA) is 36.9 Å². The molecule has 0 amide bonds. The van der Waals surface area contributed by atoms with Gasteiger partial charge in [0.1, 0.15) is 0 Å².